The molecular weight excluding hydrogens is 300 g/mol. The van der Waals surface area contributed by atoms with Crippen LogP contribution in [0.1, 0.15) is 37.4 Å². The molecule has 1 unspecified atom stereocenters. The molecule has 1 saturated heterocycles. The van der Waals surface area contributed by atoms with Gasteiger partial charge in [-0.05, 0) is 37.5 Å². The van der Waals surface area contributed by atoms with Crippen LogP contribution in [0, 0.1) is 0 Å². The van der Waals surface area contributed by atoms with Gasteiger partial charge in [-0.3, -0.25) is 4.90 Å². The van der Waals surface area contributed by atoms with Crippen LogP contribution in [0.4, 0.5) is 0 Å². The lowest BCUT2D eigenvalue weighted by molar-refractivity contribution is 0.139. The van der Waals surface area contributed by atoms with Crippen molar-refractivity contribution in [1.29, 1.82) is 0 Å². The van der Waals surface area contributed by atoms with E-state index in [0.29, 0.717) is 17.1 Å². The number of hydrogen-bond acceptors (Lipinski definition) is 4. The lowest BCUT2D eigenvalue weighted by Gasteiger charge is -2.36. The maximum Gasteiger partial charge on any atom is 0.137 e. The van der Waals surface area contributed by atoms with Gasteiger partial charge in [0.2, 0.25) is 0 Å². The van der Waals surface area contributed by atoms with Crippen LogP contribution in [0.25, 0.3) is 0 Å². The van der Waals surface area contributed by atoms with E-state index >= 15 is 0 Å². The molecule has 2 aromatic rings. The van der Waals surface area contributed by atoms with Crippen LogP contribution in [0.5, 0.6) is 5.75 Å². The number of piperidine rings is 1. The van der Waals surface area contributed by atoms with E-state index in [1.54, 1.807) is 13.4 Å². The van der Waals surface area contributed by atoms with Crippen molar-refractivity contribution in [1.82, 2.24) is 19.7 Å². The van der Waals surface area contributed by atoms with Gasteiger partial charge in [0.1, 0.15) is 18.4 Å². The Hall–Kier alpha value is -1.59. The number of ether oxygens (including phenoxy) is 1. The van der Waals surface area contributed by atoms with Crippen LogP contribution in [0.2, 0.25) is 5.02 Å². The molecule has 0 bridgehead atoms. The predicted octanol–water partition coefficient (Wildman–Crippen LogP) is 3.34. The number of methoxy groups -OCH3 is 1. The largest absolute Gasteiger partial charge is 0.495 e. The third-order valence-electron chi connectivity index (χ3n) is 4.52. The summed E-state index contributed by atoms with van der Waals surface area (Å²) in [6.07, 6.45) is 5.61. The van der Waals surface area contributed by atoms with Gasteiger partial charge in [0, 0.05) is 19.1 Å². The molecule has 0 radical (unpaired) electrons. The normalized spacial score (nSPS) is 18.3. The standard InChI is InChI=1S/C16H21ClN4O/c1-12(13-3-4-16(22-2)15(17)9-13)20-7-5-14(6-8-20)21-11-18-10-19-21/h3-4,9-12,14H,5-8H2,1-2H3. The van der Waals surface area contributed by atoms with Gasteiger partial charge in [0.15, 0.2) is 0 Å². The second-order valence-corrected chi connectivity index (χ2v) is 6.12. The molecule has 22 heavy (non-hydrogen) atoms. The average Bonchev–Trinajstić information content (AvgIpc) is 3.09. The Labute approximate surface area is 135 Å². The predicted molar refractivity (Wildman–Crippen MR) is 86.3 cm³/mol. The fraction of sp³-hybridized carbons (Fsp3) is 0.500. The van der Waals surface area contributed by atoms with E-state index in [9.17, 15) is 0 Å². The lowest BCUT2D eigenvalue weighted by Crippen LogP contribution is -2.36. The number of hydrogen-bond donors (Lipinski definition) is 0. The van der Waals surface area contributed by atoms with Crippen molar-refractivity contribution < 1.29 is 4.74 Å². The summed E-state index contributed by atoms with van der Waals surface area (Å²) in [6, 6.07) is 6.86. The summed E-state index contributed by atoms with van der Waals surface area (Å²) in [5.74, 6) is 0.725. The van der Waals surface area contributed by atoms with Gasteiger partial charge in [0.25, 0.3) is 0 Å². The van der Waals surface area contributed by atoms with E-state index in [4.69, 9.17) is 16.3 Å². The highest BCUT2D eigenvalue weighted by Gasteiger charge is 2.25. The molecular formula is C16H21ClN4O. The van der Waals surface area contributed by atoms with Crippen LogP contribution < -0.4 is 4.74 Å². The van der Waals surface area contributed by atoms with Crippen LogP contribution in [0.15, 0.2) is 30.9 Å². The first kappa shape index (κ1) is 15.3. The Kier molecular flexibility index (Phi) is 4.64. The zero-order valence-electron chi connectivity index (χ0n) is 12.9. The number of likely N-dealkylation sites (tertiary alicyclic amines) is 1. The SMILES string of the molecule is COc1ccc(C(C)N2CCC(n3cncn3)CC2)cc1Cl. The van der Waals surface area contributed by atoms with E-state index in [-0.39, 0.29) is 0 Å². The first-order valence-corrected chi connectivity index (χ1v) is 7.98. The van der Waals surface area contributed by atoms with Crippen molar-refractivity contribution in [3.05, 3.63) is 41.4 Å². The highest BCUT2D eigenvalue weighted by atomic mass is 35.5. The molecule has 1 fully saturated rings. The van der Waals surface area contributed by atoms with E-state index < -0.39 is 0 Å². The van der Waals surface area contributed by atoms with Gasteiger partial charge in [0.05, 0.1) is 18.2 Å². The number of rotatable bonds is 4. The van der Waals surface area contributed by atoms with Gasteiger partial charge in [-0.25, -0.2) is 9.67 Å². The lowest BCUT2D eigenvalue weighted by atomic mass is 10.0. The van der Waals surface area contributed by atoms with Crippen molar-refractivity contribution >= 4 is 11.6 Å². The van der Waals surface area contributed by atoms with Crippen molar-refractivity contribution in [3.63, 3.8) is 0 Å². The quantitative estimate of drug-likeness (QED) is 0.866. The minimum atomic E-state index is 0.347. The van der Waals surface area contributed by atoms with Crippen molar-refractivity contribution in [3.8, 4) is 5.75 Å². The molecule has 118 valence electrons. The Balaban J connectivity index is 1.64. The maximum atomic E-state index is 6.24. The van der Waals surface area contributed by atoms with Gasteiger partial charge in [-0.2, -0.15) is 5.10 Å². The van der Waals surface area contributed by atoms with Crippen LogP contribution >= 0.6 is 11.6 Å². The summed E-state index contributed by atoms with van der Waals surface area (Å²) in [7, 11) is 1.64. The van der Waals surface area contributed by atoms with Gasteiger partial charge in [-0.15, -0.1) is 0 Å². The molecule has 5 nitrogen and oxygen atoms in total. The van der Waals surface area contributed by atoms with E-state index in [0.717, 1.165) is 31.7 Å². The van der Waals surface area contributed by atoms with Gasteiger partial charge in [-0.1, -0.05) is 17.7 Å². The summed E-state index contributed by atoms with van der Waals surface area (Å²) in [6.45, 7) is 4.33. The maximum absolute atomic E-state index is 6.24. The van der Waals surface area contributed by atoms with Crippen LogP contribution in [0.3, 0.4) is 0 Å². The van der Waals surface area contributed by atoms with Crippen molar-refractivity contribution in [2.24, 2.45) is 0 Å². The Morgan fingerprint density at radius 1 is 1.32 bits per heavy atom. The summed E-state index contributed by atoms with van der Waals surface area (Å²) >= 11 is 6.24. The third kappa shape index (κ3) is 3.10. The summed E-state index contributed by atoms with van der Waals surface area (Å²) in [5.41, 5.74) is 1.23. The van der Waals surface area contributed by atoms with Gasteiger partial charge >= 0.3 is 0 Å². The molecule has 1 atom stereocenters. The van der Waals surface area contributed by atoms with E-state index in [1.165, 1.54) is 5.56 Å². The molecule has 1 aliphatic rings. The summed E-state index contributed by atoms with van der Waals surface area (Å²) < 4.78 is 7.20. The van der Waals surface area contributed by atoms with E-state index in [2.05, 4.69) is 28.0 Å². The summed E-state index contributed by atoms with van der Waals surface area (Å²) in [5, 5.41) is 4.93. The van der Waals surface area contributed by atoms with E-state index in [1.807, 2.05) is 23.1 Å². The third-order valence-corrected chi connectivity index (χ3v) is 4.81. The fourth-order valence-electron chi connectivity index (χ4n) is 3.10. The molecule has 0 spiro atoms. The number of nitrogens with zero attached hydrogens (tertiary/aromatic N) is 4. The van der Waals surface area contributed by atoms with Crippen LogP contribution in [-0.4, -0.2) is 39.9 Å². The number of benzene rings is 1. The first-order valence-electron chi connectivity index (χ1n) is 7.60. The fourth-order valence-corrected chi connectivity index (χ4v) is 3.36. The molecule has 1 aliphatic heterocycles. The topological polar surface area (TPSA) is 43.2 Å². The zero-order chi connectivity index (χ0) is 15.5. The monoisotopic (exact) mass is 320 g/mol. The smallest absolute Gasteiger partial charge is 0.137 e. The molecule has 0 saturated carbocycles. The number of halogens is 1. The minimum absolute atomic E-state index is 0.347. The Morgan fingerprint density at radius 3 is 2.68 bits per heavy atom. The molecule has 0 amide bonds. The molecule has 3 rings (SSSR count). The van der Waals surface area contributed by atoms with Crippen LogP contribution in [-0.2, 0) is 0 Å². The Morgan fingerprint density at radius 2 is 2.09 bits per heavy atom. The second kappa shape index (κ2) is 6.67. The highest BCUT2D eigenvalue weighted by Crippen LogP contribution is 2.32. The average molecular weight is 321 g/mol. The highest BCUT2D eigenvalue weighted by molar-refractivity contribution is 6.32. The van der Waals surface area contributed by atoms with Crippen molar-refractivity contribution in [2.75, 3.05) is 20.2 Å². The van der Waals surface area contributed by atoms with Gasteiger partial charge < -0.3 is 4.74 Å². The summed E-state index contributed by atoms with van der Waals surface area (Å²) in [4.78, 5) is 6.53. The number of aromatic nitrogens is 3. The molecule has 0 aliphatic carbocycles. The molecule has 0 N–H and O–H groups in total. The second-order valence-electron chi connectivity index (χ2n) is 5.71. The molecule has 1 aromatic heterocycles. The molecule has 6 heteroatoms. The zero-order valence-corrected chi connectivity index (χ0v) is 13.7. The molecule has 2 heterocycles. The molecule has 1 aromatic carbocycles. The first-order chi connectivity index (χ1) is 10.7. The Bertz CT molecular complexity index is 609. The minimum Gasteiger partial charge on any atom is -0.495 e. The van der Waals surface area contributed by atoms with Crippen molar-refractivity contribution in [2.45, 2.75) is 31.8 Å².